The lowest BCUT2D eigenvalue weighted by Crippen LogP contribution is -2.28. The molecule has 1 rings (SSSR count). The minimum absolute atomic E-state index is 0.0905. The zero-order chi connectivity index (χ0) is 16.0. The normalized spacial score (nSPS) is 10.5. The molecule has 0 spiro atoms. The van der Waals surface area contributed by atoms with Crippen molar-refractivity contribution in [1.82, 2.24) is 10.2 Å². The Morgan fingerprint density at radius 1 is 1.33 bits per heavy atom. The Kier molecular flexibility index (Phi) is 6.10. The molecule has 0 aromatic heterocycles. The van der Waals surface area contributed by atoms with E-state index in [9.17, 15) is 14.9 Å². The molecule has 0 unspecified atom stereocenters. The SMILES string of the molecule is CC(C)NCCNc1ccc(C(=O)N(C)C)cc1[N+](=O)[O-]. The Balaban J connectivity index is 2.85. The molecule has 7 nitrogen and oxygen atoms in total. The number of carbonyl (C=O) groups excluding carboxylic acids is 1. The summed E-state index contributed by atoms with van der Waals surface area (Å²) in [4.78, 5) is 23.9. The Bertz CT molecular complexity index is 515. The predicted molar refractivity (Wildman–Crippen MR) is 82.7 cm³/mol. The largest absolute Gasteiger partial charge is 0.378 e. The summed E-state index contributed by atoms with van der Waals surface area (Å²) in [6, 6.07) is 4.83. The van der Waals surface area contributed by atoms with Gasteiger partial charge in [-0.3, -0.25) is 14.9 Å². The first kappa shape index (κ1) is 16.9. The van der Waals surface area contributed by atoms with E-state index in [4.69, 9.17) is 0 Å². The number of anilines is 1. The molecule has 0 bridgehead atoms. The average Bonchev–Trinajstić information content (AvgIpc) is 2.42. The highest BCUT2D eigenvalue weighted by molar-refractivity contribution is 5.95. The maximum Gasteiger partial charge on any atom is 0.293 e. The van der Waals surface area contributed by atoms with Crippen molar-refractivity contribution < 1.29 is 9.72 Å². The van der Waals surface area contributed by atoms with Gasteiger partial charge in [-0.1, -0.05) is 13.8 Å². The third kappa shape index (κ3) is 5.03. The van der Waals surface area contributed by atoms with Crippen molar-refractivity contribution in [2.24, 2.45) is 0 Å². The number of rotatable bonds is 7. The van der Waals surface area contributed by atoms with Crippen molar-refractivity contribution in [3.63, 3.8) is 0 Å². The van der Waals surface area contributed by atoms with Crippen LogP contribution in [0.25, 0.3) is 0 Å². The van der Waals surface area contributed by atoms with Gasteiger partial charge in [0.25, 0.3) is 11.6 Å². The molecular weight excluding hydrogens is 272 g/mol. The maximum absolute atomic E-state index is 11.8. The van der Waals surface area contributed by atoms with Crippen LogP contribution in [0.4, 0.5) is 11.4 Å². The number of amides is 1. The highest BCUT2D eigenvalue weighted by Crippen LogP contribution is 2.25. The van der Waals surface area contributed by atoms with Gasteiger partial charge in [-0.15, -0.1) is 0 Å². The molecule has 116 valence electrons. The first-order chi connectivity index (χ1) is 9.82. The molecule has 0 aliphatic carbocycles. The molecule has 0 saturated carbocycles. The molecule has 0 fully saturated rings. The number of nitro benzene ring substituents is 1. The topological polar surface area (TPSA) is 87.5 Å². The van der Waals surface area contributed by atoms with Gasteiger partial charge in [0.15, 0.2) is 0 Å². The van der Waals surface area contributed by atoms with Gasteiger partial charge in [-0.25, -0.2) is 0 Å². The van der Waals surface area contributed by atoms with Crippen molar-refractivity contribution in [2.75, 3.05) is 32.5 Å². The van der Waals surface area contributed by atoms with E-state index < -0.39 is 4.92 Å². The summed E-state index contributed by atoms with van der Waals surface area (Å²) in [5.41, 5.74) is 0.630. The van der Waals surface area contributed by atoms with Crippen LogP contribution in [0.15, 0.2) is 18.2 Å². The highest BCUT2D eigenvalue weighted by Gasteiger charge is 2.18. The Labute approximate surface area is 124 Å². The lowest BCUT2D eigenvalue weighted by atomic mass is 10.1. The van der Waals surface area contributed by atoms with Crippen molar-refractivity contribution in [2.45, 2.75) is 19.9 Å². The van der Waals surface area contributed by atoms with Crippen LogP contribution in [0.5, 0.6) is 0 Å². The van der Waals surface area contributed by atoms with E-state index in [0.29, 0.717) is 30.4 Å². The molecule has 21 heavy (non-hydrogen) atoms. The second-order valence-electron chi connectivity index (χ2n) is 5.22. The molecule has 1 amide bonds. The fraction of sp³-hybridized carbons (Fsp3) is 0.500. The zero-order valence-corrected chi connectivity index (χ0v) is 12.8. The van der Waals surface area contributed by atoms with Crippen LogP contribution in [0.2, 0.25) is 0 Å². The lowest BCUT2D eigenvalue weighted by molar-refractivity contribution is -0.384. The molecular formula is C14H22N4O3. The van der Waals surface area contributed by atoms with Crippen LogP contribution in [-0.2, 0) is 0 Å². The quantitative estimate of drug-likeness (QED) is 0.454. The summed E-state index contributed by atoms with van der Waals surface area (Å²) in [5.74, 6) is -0.258. The van der Waals surface area contributed by atoms with Gasteiger partial charge < -0.3 is 15.5 Å². The lowest BCUT2D eigenvalue weighted by Gasteiger charge is -2.13. The standard InChI is InChI=1S/C14H22N4O3/c1-10(2)15-7-8-16-12-6-5-11(14(19)17(3)4)9-13(12)18(20)21/h5-6,9-10,15-16H,7-8H2,1-4H3. The smallest absolute Gasteiger partial charge is 0.293 e. The number of carbonyl (C=O) groups is 1. The first-order valence-electron chi connectivity index (χ1n) is 6.80. The zero-order valence-electron chi connectivity index (χ0n) is 12.8. The van der Waals surface area contributed by atoms with Crippen LogP contribution in [0.1, 0.15) is 24.2 Å². The molecule has 1 aromatic carbocycles. The number of nitrogens with one attached hydrogen (secondary N) is 2. The van der Waals surface area contributed by atoms with E-state index in [2.05, 4.69) is 10.6 Å². The molecule has 0 atom stereocenters. The number of hydrogen-bond acceptors (Lipinski definition) is 5. The summed E-state index contributed by atoms with van der Waals surface area (Å²) >= 11 is 0. The molecule has 0 radical (unpaired) electrons. The first-order valence-corrected chi connectivity index (χ1v) is 6.80. The second-order valence-corrected chi connectivity index (χ2v) is 5.22. The van der Waals surface area contributed by atoms with Gasteiger partial charge in [0.2, 0.25) is 0 Å². The van der Waals surface area contributed by atoms with Gasteiger partial charge in [0.1, 0.15) is 5.69 Å². The van der Waals surface area contributed by atoms with Crippen LogP contribution >= 0.6 is 0 Å². The Morgan fingerprint density at radius 3 is 2.52 bits per heavy atom. The summed E-state index contributed by atoms with van der Waals surface area (Å²) < 4.78 is 0. The molecule has 7 heteroatoms. The van der Waals surface area contributed by atoms with Crippen molar-refractivity contribution in [1.29, 1.82) is 0 Å². The minimum atomic E-state index is -0.482. The molecule has 2 N–H and O–H groups in total. The van der Waals surface area contributed by atoms with Crippen molar-refractivity contribution in [3.05, 3.63) is 33.9 Å². The maximum atomic E-state index is 11.8. The summed E-state index contributed by atoms with van der Waals surface area (Å²) in [6.45, 7) is 5.33. The third-order valence-corrected chi connectivity index (χ3v) is 2.84. The highest BCUT2D eigenvalue weighted by atomic mass is 16.6. The van der Waals surface area contributed by atoms with E-state index >= 15 is 0 Å². The minimum Gasteiger partial charge on any atom is -0.378 e. The van der Waals surface area contributed by atoms with Gasteiger partial charge in [-0.2, -0.15) is 0 Å². The van der Waals surface area contributed by atoms with Crippen molar-refractivity contribution in [3.8, 4) is 0 Å². The fourth-order valence-corrected chi connectivity index (χ4v) is 1.78. The average molecular weight is 294 g/mol. The van der Waals surface area contributed by atoms with Gasteiger partial charge in [0, 0.05) is 44.9 Å². The summed E-state index contributed by atoms with van der Waals surface area (Å²) in [5, 5.41) is 17.4. The van der Waals surface area contributed by atoms with Gasteiger partial charge in [0.05, 0.1) is 4.92 Å². The Morgan fingerprint density at radius 2 is 2.00 bits per heavy atom. The predicted octanol–water partition coefficient (Wildman–Crippen LogP) is 1.71. The molecule has 0 heterocycles. The van der Waals surface area contributed by atoms with Crippen molar-refractivity contribution >= 4 is 17.3 Å². The van der Waals surface area contributed by atoms with Crippen LogP contribution in [-0.4, -0.2) is 49.0 Å². The van der Waals surface area contributed by atoms with Crippen LogP contribution in [0, 0.1) is 10.1 Å². The van der Waals surface area contributed by atoms with E-state index in [1.165, 1.54) is 11.0 Å². The molecule has 0 aliphatic heterocycles. The van der Waals surface area contributed by atoms with Gasteiger partial charge >= 0.3 is 0 Å². The fourth-order valence-electron chi connectivity index (χ4n) is 1.78. The number of nitrogens with zero attached hydrogens (tertiary/aromatic N) is 2. The van der Waals surface area contributed by atoms with Crippen LogP contribution in [0.3, 0.4) is 0 Å². The number of nitro groups is 1. The van der Waals surface area contributed by atoms with Gasteiger partial charge in [-0.05, 0) is 12.1 Å². The monoisotopic (exact) mass is 294 g/mol. The van der Waals surface area contributed by atoms with E-state index in [0.717, 1.165) is 0 Å². The van der Waals surface area contributed by atoms with E-state index in [-0.39, 0.29) is 11.6 Å². The summed E-state index contributed by atoms with van der Waals surface area (Å²) in [7, 11) is 3.22. The van der Waals surface area contributed by atoms with E-state index in [1.54, 1.807) is 26.2 Å². The number of benzene rings is 1. The molecule has 0 aliphatic rings. The Hall–Kier alpha value is -2.15. The molecule has 0 saturated heterocycles. The summed E-state index contributed by atoms with van der Waals surface area (Å²) in [6.07, 6.45) is 0. The van der Waals surface area contributed by atoms with E-state index in [1.807, 2.05) is 13.8 Å². The number of hydrogen-bond donors (Lipinski definition) is 2. The van der Waals surface area contributed by atoms with Crippen LogP contribution < -0.4 is 10.6 Å². The third-order valence-electron chi connectivity index (χ3n) is 2.84. The second kappa shape index (κ2) is 7.58. The molecule has 1 aromatic rings.